The molecule has 1 aliphatic heterocycles. The number of rotatable bonds is 16. The summed E-state index contributed by atoms with van der Waals surface area (Å²) < 4.78 is 11.7. The van der Waals surface area contributed by atoms with Crippen LogP contribution in [0.2, 0.25) is 0 Å². The zero-order valence-corrected chi connectivity index (χ0v) is 27.7. The number of carbonyl (C=O) groups is 3. The Kier molecular flexibility index (Phi) is 13.6. The highest BCUT2D eigenvalue weighted by atomic mass is 16.7. The second kappa shape index (κ2) is 16.4. The van der Waals surface area contributed by atoms with Gasteiger partial charge in [-0.2, -0.15) is 0 Å². The maximum atomic E-state index is 13.4. The molecular formula is C34H61N3O6. The van der Waals surface area contributed by atoms with Crippen LogP contribution in [0.25, 0.3) is 0 Å². The predicted octanol–water partition coefficient (Wildman–Crippen LogP) is 6.68. The van der Waals surface area contributed by atoms with Gasteiger partial charge < -0.3 is 30.5 Å². The van der Waals surface area contributed by atoms with E-state index in [4.69, 9.17) is 9.47 Å². The minimum Gasteiger partial charge on any atom is -0.481 e. The van der Waals surface area contributed by atoms with Gasteiger partial charge in [-0.25, -0.2) is 4.79 Å². The number of carbonyl (C=O) groups excluding carboxylic acids is 2. The number of amides is 3. The molecule has 4 atom stereocenters. The quantitative estimate of drug-likeness (QED) is 0.145. The molecule has 4 unspecified atom stereocenters. The summed E-state index contributed by atoms with van der Waals surface area (Å²) in [5.74, 6) is -3.23. The maximum absolute atomic E-state index is 13.4. The van der Waals surface area contributed by atoms with E-state index in [1.54, 1.807) is 13.8 Å². The Morgan fingerprint density at radius 1 is 0.884 bits per heavy atom. The molecule has 248 valence electrons. The van der Waals surface area contributed by atoms with Crippen molar-refractivity contribution in [3.63, 3.8) is 0 Å². The van der Waals surface area contributed by atoms with Crippen LogP contribution in [0, 0.1) is 17.3 Å². The first-order valence-corrected chi connectivity index (χ1v) is 17.3. The smallest absolute Gasteiger partial charge is 0.315 e. The first-order chi connectivity index (χ1) is 20.4. The summed E-state index contributed by atoms with van der Waals surface area (Å²) in [7, 11) is 0. The minimum absolute atomic E-state index is 0.00175. The Hall–Kier alpha value is -1.87. The van der Waals surface area contributed by atoms with Crippen molar-refractivity contribution in [2.45, 2.75) is 167 Å². The molecule has 2 saturated carbocycles. The molecule has 1 heterocycles. The number of hydrogen-bond acceptors (Lipinski definition) is 5. The van der Waals surface area contributed by atoms with Gasteiger partial charge >= 0.3 is 12.0 Å². The van der Waals surface area contributed by atoms with Crippen LogP contribution in [-0.2, 0) is 19.1 Å². The van der Waals surface area contributed by atoms with Crippen LogP contribution >= 0.6 is 0 Å². The van der Waals surface area contributed by atoms with E-state index >= 15 is 0 Å². The third-order valence-corrected chi connectivity index (χ3v) is 10.1. The fraction of sp³-hybridized carbons (Fsp3) is 0.912. The summed E-state index contributed by atoms with van der Waals surface area (Å²) in [5, 5.41) is 19.7. The average Bonchev–Trinajstić information content (AvgIpc) is 3.40. The largest absolute Gasteiger partial charge is 0.481 e. The van der Waals surface area contributed by atoms with Gasteiger partial charge in [0.05, 0.1) is 12.5 Å². The van der Waals surface area contributed by atoms with E-state index in [-0.39, 0.29) is 36.0 Å². The normalized spacial score (nSPS) is 26.8. The van der Waals surface area contributed by atoms with E-state index in [1.165, 1.54) is 44.9 Å². The molecular weight excluding hydrogens is 546 g/mol. The SMILES string of the molecule is CCCCCCCCCCC1(NC(=O)NC2CCCCC2C(CNC(=O)C2OC(C)(C)OCC2(C)C)C(=O)O)CCCC1. The molecule has 4 N–H and O–H groups in total. The number of unbranched alkanes of at least 4 members (excludes halogenated alkanes) is 7. The van der Waals surface area contributed by atoms with Crippen LogP contribution in [0.15, 0.2) is 0 Å². The van der Waals surface area contributed by atoms with Crippen molar-refractivity contribution < 1.29 is 29.0 Å². The molecule has 0 aromatic rings. The average molecular weight is 608 g/mol. The molecule has 0 spiro atoms. The van der Waals surface area contributed by atoms with Crippen LogP contribution in [0.3, 0.4) is 0 Å². The summed E-state index contributed by atoms with van der Waals surface area (Å²) in [6.45, 7) is 9.98. The van der Waals surface area contributed by atoms with Crippen molar-refractivity contribution in [3.8, 4) is 0 Å². The number of aliphatic carboxylic acids is 1. The van der Waals surface area contributed by atoms with Gasteiger partial charge in [0, 0.05) is 23.5 Å². The van der Waals surface area contributed by atoms with E-state index < -0.39 is 29.2 Å². The Balaban J connectivity index is 1.54. The lowest BCUT2D eigenvalue weighted by Gasteiger charge is -2.45. The lowest BCUT2D eigenvalue weighted by molar-refractivity contribution is -0.304. The van der Waals surface area contributed by atoms with Crippen molar-refractivity contribution in [3.05, 3.63) is 0 Å². The second-order valence-electron chi connectivity index (χ2n) is 14.7. The molecule has 1 saturated heterocycles. The summed E-state index contributed by atoms with van der Waals surface area (Å²) in [6.07, 6.45) is 18.0. The molecule has 43 heavy (non-hydrogen) atoms. The van der Waals surface area contributed by atoms with Gasteiger partial charge in [-0.15, -0.1) is 0 Å². The van der Waals surface area contributed by atoms with E-state index in [0.29, 0.717) is 13.0 Å². The topological polar surface area (TPSA) is 126 Å². The standard InChI is InChI=1S/C34H61N3O6/c1-6-7-8-9-10-11-12-15-20-34(21-16-17-22-34)37-31(41)36-27-19-14-13-18-25(27)26(30(39)40)23-35-29(38)28-32(2,3)24-42-33(4,5)43-28/h25-28H,6-24H2,1-5H3,(H,35,38)(H,39,40)(H2,36,37,41). The fourth-order valence-electron chi connectivity index (χ4n) is 7.40. The zero-order valence-electron chi connectivity index (χ0n) is 27.7. The lowest BCUT2D eigenvalue weighted by Crippen LogP contribution is -2.58. The molecule has 0 radical (unpaired) electrons. The molecule has 3 fully saturated rings. The molecule has 0 aromatic heterocycles. The summed E-state index contributed by atoms with van der Waals surface area (Å²) in [6, 6.07) is -0.422. The Morgan fingerprint density at radius 2 is 1.51 bits per heavy atom. The number of ether oxygens (including phenoxy) is 2. The van der Waals surface area contributed by atoms with Crippen molar-refractivity contribution >= 4 is 17.9 Å². The third-order valence-electron chi connectivity index (χ3n) is 10.1. The van der Waals surface area contributed by atoms with Crippen molar-refractivity contribution in [2.24, 2.45) is 17.3 Å². The van der Waals surface area contributed by atoms with Gasteiger partial charge in [-0.05, 0) is 51.9 Å². The Bertz CT molecular complexity index is 901. The first kappa shape index (κ1) is 35.6. The number of urea groups is 1. The molecule has 0 aromatic carbocycles. The third kappa shape index (κ3) is 10.9. The first-order valence-electron chi connectivity index (χ1n) is 17.3. The van der Waals surface area contributed by atoms with E-state index in [0.717, 1.165) is 57.8 Å². The monoisotopic (exact) mass is 607 g/mol. The van der Waals surface area contributed by atoms with Gasteiger partial charge in [-0.3, -0.25) is 9.59 Å². The van der Waals surface area contributed by atoms with Crippen molar-refractivity contribution in [1.29, 1.82) is 0 Å². The highest BCUT2D eigenvalue weighted by molar-refractivity contribution is 5.82. The van der Waals surface area contributed by atoms with Crippen molar-refractivity contribution in [1.82, 2.24) is 16.0 Å². The molecule has 3 amide bonds. The van der Waals surface area contributed by atoms with Gasteiger partial charge in [0.2, 0.25) is 5.91 Å². The van der Waals surface area contributed by atoms with Crippen LogP contribution in [0.1, 0.15) is 144 Å². The summed E-state index contributed by atoms with van der Waals surface area (Å²) in [4.78, 5) is 39.1. The van der Waals surface area contributed by atoms with Crippen LogP contribution in [0.4, 0.5) is 4.79 Å². The number of hydrogen-bond donors (Lipinski definition) is 4. The molecule has 3 aliphatic rings. The lowest BCUT2D eigenvalue weighted by atomic mass is 9.76. The number of carboxylic acid groups (broad SMARTS) is 1. The summed E-state index contributed by atoms with van der Waals surface area (Å²) >= 11 is 0. The van der Waals surface area contributed by atoms with Crippen molar-refractivity contribution in [2.75, 3.05) is 13.2 Å². The molecule has 3 rings (SSSR count). The van der Waals surface area contributed by atoms with Gasteiger partial charge in [0.1, 0.15) is 6.10 Å². The van der Waals surface area contributed by atoms with E-state index in [2.05, 4.69) is 22.9 Å². The molecule has 9 heteroatoms. The van der Waals surface area contributed by atoms with E-state index in [1.807, 2.05) is 13.8 Å². The van der Waals surface area contributed by atoms with Gasteiger partial charge in [0.25, 0.3) is 0 Å². The number of carboxylic acids is 1. The van der Waals surface area contributed by atoms with Crippen LogP contribution in [0.5, 0.6) is 0 Å². The van der Waals surface area contributed by atoms with Gasteiger partial charge in [0.15, 0.2) is 5.79 Å². The molecule has 2 aliphatic carbocycles. The summed E-state index contributed by atoms with van der Waals surface area (Å²) in [5.41, 5.74) is -0.697. The fourth-order valence-corrected chi connectivity index (χ4v) is 7.40. The highest BCUT2D eigenvalue weighted by Gasteiger charge is 2.46. The van der Waals surface area contributed by atoms with Crippen LogP contribution in [-0.4, -0.2) is 59.6 Å². The molecule has 9 nitrogen and oxygen atoms in total. The predicted molar refractivity (Wildman–Crippen MR) is 169 cm³/mol. The van der Waals surface area contributed by atoms with E-state index in [9.17, 15) is 19.5 Å². The zero-order chi connectivity index (χ0) is 31.5. The minimum atomic E-state index is -0.950. The maximum Gasteiger partial charge on any atom is 0.315 e. The number of nitrogens with one attached hydrogen (secondary N) is 3. The van der Waals surface area contributed by atoms with Gasteiger partial charge in [-0.1, -0.05) is 97.8 Å². The Labute approximate surface area is 260 Å². The van der Waals surface area contributed by atoms with Crippen LogP contribution < -0.4 is 16.0 Å². The Morgan fingerprint density at radius 3 is 2.16 bits per heavy atom. The highest BCUT2D eigenvalue weighted by Crippen LogP contribution is 2.37. The molecule has 0 bridgehead atoms. The second-order valence-corrected chi connectivity index (χ2v) is 14.7.